The number of hydrogen-bond donors (Lipinski definition) is 1. The first-order chi connectivity index (χ1) is 14.8. The minimum atomic E-state index is -1.04. The highest BCUT2D eigenvalue weighted by molar-refractivity contribution is 6.01. The molecule has 3 rings (SSSR count). The number of aliphatic hydroxyl groups excluding tert-OH is 1. The Bertz CT molecular complexity index is 979. The van der Waals surface area contributed by atoms with Gasteiger partial charge in [-0.15, -0.1) is 0 Å². The van der Waals surface area contributed by atoms with E-state index >= 15 is 0 Å². The summed E-state index contributed by atoms with van der Waals surface area (Å²) in [4.78, 5) is 37.2. The standard InChI is InChI=1S/C21H22N2O8/c1-29-18-10-16(23(27)28)15(9-19(18)31-12-13-6-4-3-5-7-13)20(25)22-11-14(24)8-17(22)21(26)30-2/h3-7,9-10,14,17,24H,8,11-12H2,1-2H3. The van der Waals surface area contributed by atoms with E-state index in [1.54, 1.807) is 0 Å². The fourth-order valence-corrected chi connectivity index (χ4v) is 3.43. The van der Waals surface area contributed by atoms with Crippen LogP contribution in [0.2, 0.25) is 0 Å². The molecule has 1 aliphatic rings. The lowest BCUT2D eigenvalue weighted by atomic mass is 10.1. The van der Waals surface area contributed by atoms with Gasteiger partial charge < -0.3 is 24.2 Å². The van der Waals surface area contributed by atoms with Crippen LogP contribution in [0.15, 0.2) is 42.5 Å². The molecule has 0 aromatic heterocycles. The van der Waals surface area contributed by atoms with Crippen LogP contribution >= 0.6 is 0 Å². The Morgan fingerprint density at radius 3 is 2.52 bits per heavy atom. The summed E-state index contributed by atoms with van der Waals surface area (Å²) < 4.78 is 15.7. The second-order valence-electron chi connectivity index (χ2n) is 6.94. The molecule has 2 aromatic rings. The molecule has 2 aromatic carbocycles. The van der Waals surface area contributed by atoms with Crippen molar-refractivity contribution in [2.45, 2.75) is 25.2 Å². The lowest BCUT2D eigenvalue weighted by Crippen LogP contribution is -2.41. The van der Waals surface area contributed by atoms with Crippen molar-refractivity contribution < 1.29 is 33.8 Å². The molecule has 0 aliphatic carbocycles. The van der Waals surface area contributed by atoms with Gasteiger partial charge in [-0.25, -0.2) is 4.79 Å². The number of methoxy groups -OCH3 is 2. The monoisotopic (exact) mass is 430 g/mol. The number of nitrogens with zero attached hydrogens (tertiary/aromatic N) is 2. The summed E-state index contributed by atoms with van der Waals surface area (Å²) in [7, 11) is 2.50. The fourth-order valence-electron chi connectivity index (χ4n) is 3.43. The quantitative estimate of drug-likeness (QED) is 0.401. The van der Waals surface area contributed by atoms with Crippen LogP contribution < -0.4 is 9.47 Å². The van der Waals surface area contributed by atoms with Crippen LogP contribution in [0, 0.1) is 10.1 Å². The molecule has 10 heteroatoms. The molecule has 2 unspecified atom stereocenters. The third-order valence-corrected chi connectivity index (χ3v) is 4.96. The van der Waals surface area contributed by atoms with E-state index in [0.717, 1.165) is 16.5 Å². The largest absolute Gasteiger partial charge is 0.493 e. The third-order valence-electron chi connectivity index (χ3n) is 4.96. The van der Waals surface area contributed by atoms with Crippen LogP contribution in [0.25, 0.3) is 0 Å². The van der Waals surface area contributed by atoms with E-state index in [4.69, 9.17) is 14.2 Å². The topological polar surface area (TPSA) is 128 Å². The van der Waals surface area contributed by atoms with Gasteiger partial charge in [0.1, 0.15) is 18.2 Å². The number of nitro benzene ring substituents is 1. The smallest absolute Gasteiger partial charge is 0.328 e. The van der Waals surface area contributed by atoms with E-state index in [1.165, 1.54) is 20.3 Å². The second-order valence-corrected chi connectivity index (χ2v) is 6.94. The van der Waals surface area contributed by atoms with Crippen molar-refractivity contribution in [3.63, 3.8) is 0 Å². The highest BCUT2D eigenvalue weighted by Crippen LogP contribution is 2.37. The molecule has 1 amide bonds. The molecular formula is C21H22N2O8. The molecule has 0 bridgehead atoms. The average Bonchev–Trinajstić information content (AvgIpc) is 3.18. The van der Waals surface area contributed by atoms with Crippen LogP contribution in [0.3, 0.4) is 0 Å². The molecule has 0 spiro atoms. The second kappa shape index (κ2) is 9.43. The first kappa shape index (κ1) is 22.0. The summed E-state index contributed by atoms with van der Waals surface area (Å²) in [5, 5.41) is 21.6. The molecule has 1 heterocycles. The predicted molar refractivity (Wildman–Crippen MR) is 108 cm³/mol. The van der Waals surface area contributed by atoms with Crippen molar-refractivity contribution in [1.82, 2.24) is 4.90 Å². The van der Waals surface area contributed by atoms with Gasteiger partial charge in [0.25, 0.3) is 11.6 Å². The zero-order valence-corrected chi connectivity index (χ0v) is 17.0. The number of ether oxygens (including phenoxy) is 3. The molecule has 1 aliphatic heterocycles. The minimum Gasteiger partial charge on any atom is -0.493 e. The van der Waals surface area contributed by atoms with Gasteiger partial charge in [-0.1, -0.05) is 30.3 Å². The van der Waals surface area contributed by atoms with Gasteiger partial charge in [0.05, 0.1) is 31.3 Å². The van der Waals surface area contributed by atoms with E-state index in [2.05, 4.69) is 0 Å². The zero-order valence-electron chi connectivity index (χ0n) is 17.0. The Labute approximate surface area is 178 Å². The molecular weight excluding hydrogens is 408 g/mol. The number of carbonyl (C=O) groups is 2. The first-order valence-electron chi connectivity index (χ1n) is 9.45. The van der Waals surface area contributed by atoms with E-state index in [9.17, 15) is 24.8 Å². The van der Waals surface area contributed by atoms with Crippen molar-refractivity contribution in [2.75, 3.05) is 20.8 Å². The van der Waals surface area contributed by atoms with Gasteiger partial charge in [-0.3, -0.25) is 14.9 Å². The number of aliphatic hydroxyl groups is 1. The Hall–Kier alpha value is -3.66. The van der Waals surface area contributed by atoms with Gasteiger partial charge >= 0.3 is 5.97 Å². The van der Waals surface area contributed by atoms with E-state index in [-0.39, 0.29) is 36.6 Å². The summed E-state index contributed by atoms with van der Waals surface area (Å²) in [6.45, 7) is -0.00214. The van der Waals surface area contributed by atoms with E-state index in [0.29, 0.717) is 0 Å². The zero-order chi connectivity index (χ0) is 22.5. The van der Waals surface area contributed by atoms with Crippen LogP contribution in [-0.4, -0.2) is 59.7 Å². The molecule has 1 fully saturated rings. The number of β-amino-alcohol motifs (C(OH)–C–C–N with tert-alkyl or cyclic N) is 1. The van der Waals surface area contributed by atoms with Crippen LogP contribution in [0.1, 0.15) is 22.3 Å². The lowest BCUT2D eigenvalue weighted by molar-refractivity contribution is -0.385. The molecule has 10 nitrogen and oxygen atoms in total. The third kappa shape index (κ3) is 4.75. The van der Waals surface area contributed by atoms with E-state index in [1.807, 2.05) is 30.3 Å². The lowest BCUT2D eigenvalue weighted by Gasteiger charge is -2.23. The summed E-state index contributed by atoms with van der Waals surface area (Å²) in [5.41, 5.74) is 0.0694. The highest BCUT2D eigenvalue weighted by atomic mass is 16.6. The number of amides is 1. The number of esters is 1. The van der Waals surface area contributed by atoms with Crippen molar-refractivity contribution in [3.05, 3.63) is 63.7 Å². The Kier molecular flexibility index (Phi) is 6.71. The van der Waals surface area contributed by atoms with Crippen molar-refractivity contribution in [1.29, 1.82) is 0 Å². The number of hydrogen-bond acceptors (Lipinski definition) is 8. The minimum absolute atomic E-state index is 0.0142. The number of benzene rings is 2. The molecule has 164 valence electrons. The number of nitro groups is 1. The van der Waals surface area contributed by atoms with Crippen molar-refractivity contribution in [2.24, 2.45) is 0 Å². The van der Waals surface area contributed by atoms with Gasteiger partial charge in [-0.05, 0) is 5.56 Å². The normalized spacial score (nSPS) is 17.8. The van der Waals surface area contributed by atoms with E-state index < -0.39 is 34.6 Å². The Morgan fingerprint density at radius 1 is 1.19 bits per heavy atom. The number of rotatable bonds is 7. The SMILES string of the molecule is COC(=O)C1CC(O)CN1C(=O)c1cc(OCc2ccccc2)c(OC)cc1[N+](=O)[O-]. The Morgan fingerprint density at radius 2 is 1.90 bits per heavy atom. The molecule has 31 heavy (non-hydrogen) atoms. The molecule has 0 radical (unpaired) electrons. The molecule has 1 saturated heterocycles. The maximum absolute atomic E-state index is 13.2. The maximum atomic E-state index is 13.2. The maximum Gasteiger partial charge on any atom is 0.328 e. The molecule has 0 saturated carbocycles. The van der Waals surface area contributed by atoms with Gasteiger partial charge in [0, 0.05) is 19.0 Å². The first-order valence-corrected chi connectivity index (χ1v) is 9.45. The van der Waals surface area contributed by atoms with Crippen molar-refractivity contribution >= 4 is 17.6 Å². The predicted octanol–water partition coefficient (Wildman–Crippen LogP) is 1.93. The summed E-state index contributed by atoms with van der Waals surface area (Å²) in [6, 6.07) is 10.5. The highest BCUT2D eigenvalue weighted by Gasteiger charge is 2.42. The van der Waals surface area contributed by atoms with Crippen LogP contribution in [0.5, 0.6) is 11.5 Å². The van der Waals surface area contributed by atoms with Crippen LogP contribution in [0.4, 0.5) is 5.69 Å². The number of carbonyl (C=O) groups excluding carboxylic acids is 2. The summed E-state index contributed by atoms with van der Waals surface area (Å²) >= 11 is 0. The van der Waals surface area contributed by atoms with Gasteiger partial charge in [0.2, 0.25) is 0 Å². The van der Waals surface area contributed by atoms with Gasteiger partial charge in [0.15, 0.2) is 11.5 Å². The molecule has 1 N–H and O–H groups in total. The van der Waals surface area contributed by atoms with Crippen LogP contribution in [-0.2, 0) is 16.1 Å². The average molecular weight is 430 g/mol. The fraction of sp³-hybridized carbons (Fsp3) is 0.333. The molecule has 2 atom stereocenters. The summed E-state index contributed by atoms with van der Waals surface area (Å²) in [5.74, 6) is -1.27. The van der Waals surface area contributed by atoms with Gasteiger partial charge in [-0.2, -0.15) is 0 Å². The van der Waals surface area contributed by atoms with Crippen molar-refractivity contribution in [3.8, 4) is 11.5 Å². The number of likely N-dealkylation sites (tertiary alicyclic amines) is 1. The Balaban J connectivity index is 1.98. The summed E-state index contributed by atoms with van der Waals surface area (Å²) in [6.07, 6.45) is -0.959.